The van der Waals surface area contributed by atoms with E-state index in [1.54, 1.807) is 26.0 Å². The summed E-state index contributed by atoms with van der Waals surface area (Å²) in [4.78, 5) is 0.192. The van der Waals surface area contributed by atoms with Gasteiger partial charge in [0, 0.05) is 13.1 Å². The van der Waals surface area contributed by atoms with Gasteiger partial charge in [0.05, 0.1) is 16.3 Å². The highest BCUT2D eigenvalue weighted by molar-refractivity contribution is 7.92. The monoisotopic (exact) mass is 358 g/mol. The number of rotatable bonds is 5. The molecule has 23 heavy (non-hydrogen) atoms. The number of sulfonamides is 2. The molecule has 0 spiro atoms. The Morgan fingerprint density at radius 1 is 1.26 bits per heavy atom. The minimum atomic E-state index is -3.65. The van der Waals surface area contributed by atoms with Crippen molar-refractivity contribution in [1.29, 1.82) is 0 Å². The van der Waals surface area contributed by atoms with Crippen molar-refractivity contribution in [3.05, 3.63) is 35.9 Å². The van der Waals surface area contributed by atoms with Crippen molar-refractivity contribution in [2.45, 2.75) is 31.6 Å². The van der Waals surface area contributed by atoms with Crippen LogP contribution in [-0.4, -0.2) is 35.7 Å². The zero-order valence-electron chi connectivity index (χ0n) is 13.4. The fourth-order valence-electron chi connectivity index (χ4n) is 2.81. The number of benzene rings is 1. The van der Waals surface area contributed by atoms with Crippen molar-refractivity contribution in [2.24, 2.45) is 0 Å². The molecule has 1 aromatic rings. The summed E-state index contributed by atoms with van der Waals surface area (Å²) in [6, 6.07) is 3.25. The molecule has 1 N–H and O–H groups in total. The van der Waals surface area contributed by atoms with Crippen LogP contribution in [0.1, 0.15) is 24.0 Å². The summed E-state index contributed by atoms with van der Waals surface area (Å²) in [7, 11) is -6.97. The van der Waals surface area contributed by atoms with Crippen LogP contribution in [0.25, 0.3) is 0 Å². The van der Waals surface area contributed by atoms with Crippen LogP contribution >= 0.6 is 0 Å². The Balaban J connectivity index is 2.47. The highest BCUT2D eigenvalue weighted by Crippen LogP contribution is 2.30. The second-order valence-corrected chi connectivity index (χ2v) is 9.36. The molecule has 0 atom stereocenters. The summed E-state index contributed by atoms with van der Waals surface area (Å²) in [6.45, 7) is 7.42. The van der Waals surface area contributed by atoms with Gasteiger partial charge in [0.2, 0.25) is 20.0 Å². The highest BCUT2D eigenvalue weighted by Gasteiger charge is 2.28. The maximum Gasteiger partial charge on any atom is 0.241 e. The van der Waals surface area contributed by atoms with Crippen LogP contribution in [0.15, 0.2) is 29.7 Å². The van der Waals surface area contributed by atoms with E-state index >= 15 is 0 Å². The Morgan fingerprint density at radius 2 is 1.87 bits per heavy atom. The lowest BCUT2D eigenvalue weighted by Gasteiger charge is -2.29. The molecule has 0 saturated carbocycles. The maximum absolute atomic E-state index is 12.4. The number of anilines is 1. The molecular weight excluding hydrogens is 336 g/mol. The van der Waals surface area contributed by atoms with Crippen LogP contribution in [0, 0.1) is 13.8 Å². The van der Waals surface area contributed by atoms with Crippen LogP contribution in [0.4, 0.5) is 5.69 Å². The van der Waals surface area contributed by atoms with Gasteiger partial charge in [-0.1, -0.05) is 6.08 Å². The molecule has 0 bridgehead atoms. The van der Waals surface area contributed by atoms with E-state index < -0.39 is 20.0 Å². The summed E-state index contributed by atoms with van der Waals surface area (Å²) in [5.74, 6) is 0.131. The molecule has 0 unspecified atom stereocenters. The summed E-state index contributed by atoms with van der Waals surface area (Å²) < 4.78 is 53.0. The van der Waals surface area contributed by atoms with Crippen molar-refractivity contribution >= 4 is 25.7 Å². The molecular formula is C15H22N2O4S2. The second kappa shape index (κ2) is 6.62. The standard InChI is InChI=1S/C15H22N2O4S2/c1-4-7-16-23(20,21)15-12(2)10-14(11-13(15)3)17-8-5-6-9-22(17,18)19/h4,10-11,16H,1,5-9H2,2-3H3. The van der Waals surface area contributed by atoms with Gasteiger partial charge in [-0.25, -0.2) is 21.6 Å². The molecule has 2 rings (SSSR count). The van der Waals surface area contributed by atoms with E-state index in [9.17, 15) is 16.8 Å². The summed E-state index contributed by atoms with van der Waals surface area (Å²) >= 11 is 0. The van der Waals surface area contributed by atoms with Crippen molar-refractivity contribution in [2.75, 3.05) is 23.1 Å². The third-order valence-electron chi connectivity index (χ3n) is 3.77. The van der Waals surface area contributed by atoms with Crippen LogP contribution in [0.5, 0.6) is 0 Å². The topological polar surface area (TPSA) is 83.6 Å². The number of nitrogens with zero attached hydrogens (tertiary/aromatic N) is 1. The predicted octanol–water partition coefficient (Wildman–Crippen LogP) is 1.70. The number of nitrogens with one attached hydrogen (secondary N) is 1. The fraction of sp³-hybridized carbons (Fsp3) is 0.467. The first-order valence-corrected chi connectivity index (χ1v) is 10.5. The van der Waals surface area contributed by atoms with E-state index in [-0.39, 0.29) is 17.2 Å². The molecule has 0 aromatic heterocycles. The molecule has 1 heterocycles. The molecule has 8 heteroatoms. The molecule has 6 nitrogen and oxygen atoms in total. The molecule has 1 fully saturated rings. The van der Waals surface area contributed by atoms with Crippen molar-refractivity contribution < 1.29 is 16.8 Å². The molecule has 0 aliphatic carbocycles. The van der Waals surface area contributed by atoms with Crippen molar-refractivity contribution in [3.8, 4) is 0 Å². The number of hydrogen-bond donors (Lipinski definition) is 1. The average molecular weight is 358 g/mol. The van der Waals surface area contributed by atoms with Gasteiger partial charge in [-0.3, -0.25) is 4.31 Å². The Bertz CT molecular complexity index is 791. The van der Waals surface area contributed by atoms with Gasteiger partial charge >= 0.3 is 0 Å². The lowest BCUT2D eigenvalue weighted by Crippen LogP contribution is -2.38. The Kier molecular flexibility index (Phi) is 5.17. The molecule has 128 valence electrons. The van der Waals surface area contributed by atoms with Crippen LogP contribution < -0.4 is 9.03 Å². The van der Waals surface area contributed by atoms with E-state index in [1.807, 2.05) is 0 Å². The first-order valence-electron chi connectivity index (χ1n) is 7.41. The summed E-state index contributed by atoms with van der Waals surface area (Å²) in [6.07, 6.45) is 2.93. The van der Waals surface area contributed by atoms with Crippen molar-refractivity contribution in [1.82, 2.24) is 4.72 Å². The minimum absolute atomic E-state index is 0.131. The Labute approximate surface area is 138 Å². The number of aryl methyl sites for hydroxylation is 2. The molecule has 1 aliphatic rings. The SMILES string of the molecule is C=CCNS(=O)(=O)c1c(C)cc(N2CCCCS2(=O)=O)cc1C. The smallest absolute Gasteiger partial charge is 0.241 e. The minimum Gasteiger partial charge on any atom is -0.270 e. The first-order chi connectivity index (χ1) is 10.7. The van der Waals surface area contributed by atoms with Gasteiger partial charge in [-0.2, -0.15) is 0 Å². The zero-order chi connectivity index (χ0) is 17.3. The Morgan fingerprint density at radius 3 is 2.39 bits per heavy atom. The lowest BCUT2D eigenvalue weighted by molar-refractivity contribution is 0.574. The maximum atomic E-state index is 12.4. The first kappa shape index (κ1) is 18.0. The molecule has 1 saturated heterocycles. The van der Waals surface area contributed by atoms with E-state index in [0.717, 1.165) is 6.42 Å². The average Bonchev–Trinajstić information content (AvgIpc) is 2.43. The van der Waals surface area contributed by atoms with Gasteiger partial charge in [0.25, 0.3) is 0 Å². The quantitative estimate of drug-likeness (QED) is 0.812. The second-order valence-electron chi connectivity index (χ2n) is 5.64. The third-order valence-corrected chi connectivity index (χ3v) is 7.37. The van der Waals surface area contributed by atoms with E-state index in [0.29, 0.717) is 29.8 Å². The van der Waals surface area contributed by atoms with E-state index in [1.165, 1.54) is 10.4 Å². The summed E-state index contributed by atoms with van der Waals surface area (Å²) in [5, 5.41) is 0. The van der Waals surface area contributed by atoms with Gasteiger partial charge < -0.3 is 0 Å². The van der Waals surface area contributed by atoms with Crippen LogP contribution in [0.2, 0.25) is 0 Å². The zero-order valence-corrected chi connectivity index (χ0v) is 15.0. The van der Waals surface area contributed by atoms with E-state index in [4.69, 9.17) is 0 Å². The highest BCUT2D eigenvalue weighted by atomic mass is 32.2. The summed E-state index contributed by atoms with van der Waals surface area (Å²) in [5.41, 5.74) is 1.58. The Hall–Kier alpha value is -1.38. The fourth-order valence-corrected chi connectivity index (χ4v) is 5.89. The van der Waals surface area contributed by atoms with Gasteiger partial charge in [0.15, 0.2) is 0 Å². The van der Waals surface area contributed by atoms with Gasteiger partial charge in [0.1, 0.15) is 0 Å². The molecule has 0 amide bonds. The molecule has 0 radical (unpaired) electrons. The molecule has 1 aromatic carbocycles. The van der Waals surface area contributed by atoms with Crippen LogP contribution in [-0.2, 0) is 20.0 Å². The largest absolute Gasteiger partial charge is 0.270 e. The van der Waals surface area contributed by atoms with Crippen LogP contribution in [0.3, 0.4) is 0 Å². The third kappa shape index (κ3) is 3.76. The van der Waals surface area contributed by atoms with E-state index in [2.05, 4.69) is 11.3 Å². The van der Waals surface area contributed by atoms with Gasteiger partial charge in [-0.15, -0.1) is 6.58 Å². The lowest BCUT2D eigenvalue weighted by atomic mass is 10.1. The van der Waals surface area contributed by atoms with Crippen molar-refractivity contribution in [3.63, 3.8) is 0 Å². The number of hydrogen-bond acceptors (Lipinski definition) is 4. The molecule has 1 aliphatic heterocycles. The predicted molar refractivity (Wildman–Crippen MR) is 91.7 cm³/mol. The van der Waals surface area contributed by atoms with Gasteiger partial charge in [-0.05, 0) is 49.9 Å². The normalized spacial score (nSPS) is 17.9.